The minimum Gasteiger partial charge on any atom is -0.431 e. The Hall–Kier alpha value is -2.76. The lowest BCUT2D eigenvalue weighted by molar-refractivity contribution is -0.411. The van der Waals surface area contributed by atoms with Crippen LogP contribution >= 0.6 is 0 Å². The summed E-state index contributed by atoms with van der Waals surface area (Å²) in [4.78, 5) is 46.6. The van der Waals surface area contributed by atoms with Gasteiger partial charge < -0.3 is 34.3 Å². The molecule has 24 heavy (non-hydrogen) atoms. The van der Waals surface area contributed by atoms with Crippen molar-refractivity contribution in [3.63, 3.8) is 0 Å². The normalized spacial score (nSPS) is 26.9. The van der Waals surface area contributed by atoms with E-state index < -0.39 is 54.8 Å². The number of aliphatic hydroxyl groups is 3. The molecule has 1 atom stereocenters. The van der Waals surface area contributed by atoms with E-state index >= 15 is 0 Å². The van der Waals surface area contributed by atoms with E-state index in [1.54, 1.807) is 0 Å². The fraction of sp³-hybridized carbons (Fsp3) is 0.385. The van der Waals surface area contributed by atoms with Crippen molar-refractivity contribution in [1.82, 2.24) is 0 Å². The Morgan fingerprint density at radius 2 is 1.17 bits per heavy atom. The third-order valence-electron chi connectivity index (χ3n) is 3.29. The molecule has 2 aliphatic heterocycles. The number of carbonyl (C=O) groups is 4. The van der Waals surface area contributed by atoms with Crippen LogP contribution in [-0.2, 0) is 38.1 Å². The number of rotatable bonds is 2. The highest BCUT2D eigenvalue weighted by molar-refractivity contribution is 5.94. The molecule has 0 aliphatic carbocycles. The highest BCUT2D eigenvalue weighted by atomic mass is 16.9. The summed E-state index contributed by atoms with van der Waals surface area (Å²) in [5.74, 6) is -8.16. The first-order chi connectivity index (χ1) is 11.3. The van der Waals surface area contributed by atoms with Crippen LogP contribution < -0.4 is 0 Å². The summed E-state index contributed by atoms with van der Waals surface area (Å²) in [6.45, 7) is -2.54. The lowest BCUT2D eigenvalue weighted by Gasteiger charge is -2.44. The predicted octanol–water partition coefficient (Wildman–Crippen LogP) is -2.76. The van der Waals surface area contributed by atoms with Gasteiger partial charge in [0.1, 0.15) is 0 Å². The van der Waals surface area contributed by atoms with Crippen LogP contribution in [0.4, 0.5) is 0 Å². The Bertz CT molecular complexity index is 608. The van der Waals surface area contributed by atoms with Crippen molar-refractivity contribution in [2.24, 2.45) is 5.41 Å². The average Bonchev–Trinajstić information content (AvgIpc) is 2.63. The first-order valence-corrected chi connectivity index (χ1v) is 6.44. The van der Waals surface area contributed by atoms with Gasteiger partial charge in [0, 0.05) is 24.3 Å². The van der Waals surface area contributed by atoms with Crippen LogP contribution in [0.2, 0.25) is 0 Å². The molecule has 11 heteroatoms. The molecule has 0 aromatic heterocycles. The molecule has 11 nitrogen and oxygen atoms in total. The monoisotopic (exact) mass is 344 g/mol. The molecule has 0 bridgehead atoms. The number of ether oxygens (including phenoxy) is 4. The maximum absolute atomic E-state index is 11.8. The Labute approximate surface area is 133 Å². The summed E-state index contributed by atoms with van der Waals surface area (Å²) in [7, 11) is 0. The number of carbonyl (C=O) groups excluding carboxylic acids is 4. The minimum absolute atomic E-state index is 0.543. The summed E-state index contributed by atoms with van der Waals surface area (Å²) in [5, 5.41) is 29.4. The molecule has 0 amide bonds. The second kappa shape index (κ2) is 6.39. The summed E-state index contributed by atoms with van der Waals surface area (Å²) in [6.07, 6.45) is -0.00443. The number of aliphatic hydroxyl groups excluding tert-OH is 3. The van der Waals surface area contributed by atoms with Gasteiger partial charge in [-0.05, 0) is 0 Å². The first kappa shape index (κ1) is 17.6. The minimum atomic E-state index is -3.10. The van der Waals surface area contributed by atoms with Crippen LogP contribution in [0, 0.1) is 5.41 Å². The SMILES string of the molecule is O=C1C=CC(=O)OC2(O1)OC(=O)/C=C\C(=O)OC(O)C2(CO)CO. The zero-order valence-corrected chi connectivity index (χ0v) is 11.9. The second-order valence-corrected chi connectivity index (χ2v) is 4.75. The van der Waals surface area contributed by atoms with Crippen LogP contribution in [0.1, 0.15) is 0 Å². The van der Waals surface area contributed by atoms with E-state index in [1.165, 1.54) is 0 Å². The van der Waals surface area contributed by atoms with Gasteiger partial charge in [0.05, 0.1) is 13.2 Å². The van der Waals surface area contributed by atoms with Crippen molar-refractivity contribution in [3.05, 3.63) is 24.3 Å². The van der Waals surface area contributed by atoms with Gasteiger partial charge in [-0.1, -0.05) is 0 Å². The molecule has 0 radical (unpaired) electrons. The van der Waals surface area contributed by atoms with Crippen molar-refractivity contribution in [2.75, 3.05) is 13.2 Å². The zero-order valence-electron chi connectivity index (χ0n) is 11.9. The van der Waals surface area contributed by atoms with Gasteiger partial charge in [-0.15, -0.1) is 0 Å². The smallest absolute Gasteiger partial charge is 0.431 e. The number of hydrogen-bond acceptors (Lipinski definition) is 11. The quantitative estimate of drug-likeness (QED) is 0.444. The van der Waals surface area contributed by atoms with Crippen LogP contribution in [0.3, 0.4) is 0 Å². The molecule has 1 spiro atoms. The summed E-state index contributed by atoms with van der Waals surface area (Å²) >= 11 is 0. The number of cyclic esters (lactones) is 1. The first-order valence-electron chi connectivity index (χ1n) is 6.44. The fourth-order valence-electron chi connectivity index (χ4n) is 1.95. The molecule has 1 unspecified atom stereocenters. The number of hydrogen-bond donors (Lipinski definition) is 3. The third-order valence-corrected chi connectivity index (χ3v) is 3.29. The maximum atomic E-state index is 11.8. The Morgan fingerprint density at radius 1 is 0.792 bits per heavy atom. The largest absolute Gasteiger partial charge is 0.441 e. The predicted molar refractivity (Wildman–Crippen MR) is 68.0 cm³/mol. The topological polar surface area (TPSA) is 166 Å². The molecule has 2 aliphatic rings. The molecule has 3 N–H and O–H groups in total. The van der Waals surface area contributed by atoms with Crippen molar-refractivity contribution < 1.29 is 53.4 Å². The van der Waals surface area contributed by atoms with E-state index in [-0.39, 0.29) is 0 Å². The van der Waals surface area contributed by atoms with Crippen LogP contribution in [0.5, 0.6) is 0 Å². The highest BCUT2D eigenvalue weighted by Crippen LogP contribution is 2.42. The van der Waals surface area contributed by atoms with E-state index in [0.717, 1.165) is 0 Å². The van der Waals surface area contributed by atoms with E-state index in [4.69, 9.17) is 14.2 Å². The molecule has 2 heterocycles. The van der Waals surface area contributed by atoms with Crippen molar-refractivity contribution in [3.8, 4) is 0 Å². The molecule has 130 valence electrons. The van der Waals surface area contributed by atoms with Crippen molar-refractivity contribution in [1.29, 1.82) is 0 Å². The van der Waals surface area contributed by atoms with Gasteiger partial charge in [0.25, 0.3) is 0 Å². The van der Waals surface area contributed by atoms with E-state index in [2.05, 4.69) is 4.74 Å². The van der Waals surface area contributed by atoms with Crippen molar-refractivity contribution in [2.45, 2.75) is 12.3 Å². The van der Waals surface area contributed by atoms with Gasteiger partial charge >= 0.3 is 29.9 Å². The summed E-state index contributed by atoms with van der Waals surface area (Å²) in [5.41, 5.74) is -2.62. The molecular formula is C13H12O11. The lowest BCUT2D eigenvalue weighted by Crippen LogP contribution is -2.65. The second-order valence-electron chi connectivity index (χ2n) is 4.75. The zero-order chi connectivity index (χ0) is 18.0. The molecule has 0 fully saturated rings. The Morgan fingerprint density at radius 3 is 1.54 bits per heavy atom. The maximum Gasteiger partial charge on any atom is 0.441 e. The molecule has 0 aromatic rings. The highest BCUT2D eigenvalue weighted by Gasteiger charge is 2.68. The van der Waals surface area contributed by atoms with Crippen LogP contribution in [0.15, 0.2) is 24.3 Å². The van der Waals surface area contributed by atoms with Crippen molar-refractivity contribution >= 4 is 23.9 Å². The van der Waals surface area contributed by atoms with E-state index in [9.17, 15) is 34.5 Å². The molecular weight excluding hydrogens is 332 g/mol. The summed E-state index contributed by atoms with van der Waals surface area (Å²) < 4.78 is 18.8. The van der Waals surface area contributed by atoms with Gasteiger partial charge in [0.2, 0.25) is 6.29 Å². The fourth-order valence-corrected chi connectivity index (χ4v) is 1.95. The number of esters is 4. The van der Waals surface area contributed by atoms with Crippen LogP contribution in [-0.4, -0.2) is 64.7 Å². The molecule has 0 saturated carbocycles. The average molecular weight is 344 g/mol. The van der Waals surface area contributed by atoms with Gasteiger partial charge in [-0.2, -0.15) is 0 Å². The Kier molecular flexibility index (Phi) is 4.68. The molecule has 2 rings (SSSR count). The van der Waals surface area contributed by atoms with Crippen LogP contribution in [0.25, 0.3) is 0 Å². The van der Waals surface area contributed by atoms with Gasteiger partial charge in [0.15, 0.2) is 5.41 Å². The standard InChI is InChI=1S/C13H12O11/c14-5-12(6-15)11(20)21-7(16)1-2-8(17)22-13(12)23-9(18)3-4-10(19)24-13/h1-4,11,14-15,20H,5-6H2/b2-1-. The van der Waals surface area contributed by atoms with Gasteiger partial charge in [-0.3, -0.25) is 0 Å². The third kappa shape index (κ3) is 2.87. The van der Waals surface area contributed by atoms with E-state index in [0.29, 0.717) is 24.3 Å². The van der Waals surface area contributed by atoms with Gasteiger partial charge in [-0.25, -0.2) is 19.2 Å². The lowest BCUT2D eigenvalue weighted by atomic mass is 9.85. The van der Waals surface area contributed by atoms with E-state index in [1.807, 2.05) is 0 Å². The summed E-state index contributed by atoms with van der Waals surface area (Å²) in [6, 6.07) is 0. The molecule has 0 saturated heterocycles. The molecule has 0 aromatic carbocycles. The Balaban J connectivity index is 2.66.